The number of nitrogens with one attached hydrogen (secondary N) is 2. The predicted octanol–water partition coefficient (Wildman–Crippen LogP) is 2.95. The van der Waals surface area contributed by atoms with Gasteiger partial charge in [0.1, 0.15) is 0 Å². The summed E-state index contributed by atoms with van der Waals surface area (Å²) in [4.78, 5) is 20.6. The number of carbonyl (C=O) groups is 1. The average Bonchev–Trinajstić information content (AvgIpc) is 3.13. The van der Waals surface area contributed by atoms with Crippen LogP contribution in [0.5, 0.6) is 0 Å². The molecule has 3 heterocycles. The van der Waals surface area contributed by atoms with Gasteiger partial charge < -0.3 is 15.2 Å². The van der Waals surface area contributed by atoms with Crippen LogP contribution in [0, 0.1) is 0 Å². The van der Waals surface area contributed by atoms with E-state index in [2.05, 4.69) is 57.5 Å². The van der Waals surface area contributed by atoms with Gasteiger partial charge in [-0.3, -0.25) is 9.69 Å². The first-order valence-electron chi connectivity index (χ1n) is 10.5. The summed E-state index contributed by atoms with van der Waals surface area (Å²) in [6.07, 6.45) is 6.61. The van der Waals surface area contributed by atoms with E-state index in [1.165, 1.54) is 16.5 Å². The fraction of sp³-hybridized carbons (Fsp3) is 0.591. The van der Waals surface area contributed by atoms with Gasteiger partial charge in [0.05, 0.1) is 6.54 Å². The van der Waals surface area contributed by atoms with Crippen LogP contribution in [-0.2, 0) is 4.79 Å². The van der Waals surface area contributed by atoms with Crippen molar-refractivity contribution in [3.05, 3.63) is 36.0 Å². The number of fused-ring (bicyclic) bond motifs is 1. The molecule has 0 aliphatic carbocycles. The quantitative estimate of drug-likeness (QED) is 0.853. The molecule has 2 aromatic rings. The van der Waals surface area contributed by atoms with E-state index >= 15 is 0 Å². The molecule has 1 aromatic heterocycles. The summed E-state index contributed by atoms with van der Waals surface area (Å²) in [6, 6.07) is 8.91. The van der Waals surface area contributed by atoms with Crippen LogP contribution in [0.2, 0.25) is 0 Å². The molecule has 0 saturated carbocycles. The number of H-pyrrole nitrogens is 1. The first kappa shape index (κ1) is 18.5. The molecule has 0 spiro atoms. The zero-order chi connectivity index (χ0) is 18.6. The number of hydrogen-bond acceptors (Lipinski definition) is 3. The maximum absolute atomic E-state index is 12.4. The number of benzene rings is 1. The van der Waals surface area contributed by atoms with Crippen molar-refractivity contribution in [2.24, 2.45) is 0 Å². The number of rotatable bonds is 5. The fourth-order valence-corrected chi connectivity index (χ4v) is 4.70. The second-order valence-electron chi connectivity index (χ2n) is 8.12. The third-order valence-corrected chi connectivity index (χ3v) is 6.42. The zero-order valence-corrected chi connectivity index (χ0v) is 16.4. The second kappa shape index (κ2) is 8.44. The molecule has 5 heteroatoms. The van der Waals surface area contributed by atoms with Crippen molar-refractivity contribution in [2.75, 3.05) is 39.3 Å². The topological polar surface area (TPSA) is 51.4 Å². The highest BCUT2D eigenvalue weighted by Gasteiger charge is 2.25. The summed E-state index contributed by atoms with van der Waals surface area (Å²) in [6.45, 7) is 8.10. The zero-order valence-electron chi connectivity index (χ0n) is 16.4. The van der Waals surface area contributed by atoms with Crippen molar-refractivity contribution in [1.82, 2.24) is 20.1 Å². The SMILES string of the molecule is CCN1CCC(NC(=O)CN2CCC(c3c[nH]c4ccccc34)CC2)CC1. The van der Waals surface area contributed by atoms with Crippen molar-refractivity contribution in [3.8, 4) is 0 Å². The van der Waals surface area contributed by atoms with E-state index < -0.39 is 0 Å². The first-order chi connectivity index (χ1) is 13.2. The standard InChI is InChI=1S/C22H32N4O/c1-2-25-13-9-18(10-14-25)24-22(27)16-26-11-7-17(8-12-26)20-15-23-21-6-4-3-5-19(20)21/h3-6,15,17-18,23H,2,7-14,16H2,1H3,(H,24,27). The van der Waals surface area contributed by atoms with Gasteiger partial charge in [-0.25, -0.2) is 0 Å². The number of piperidine rings is 2. The van der Waals surface area contributed by atoms with Crippen LogP contribution in [0.4, 0.5) is 0 Å². The van der Waals surface area contributed by atoms with Crippen LogP contribution in [0.15, 0.2) is 30.5 Å². The summed E-state index contributed by atoms with van der Waals surface area (Å²) >= 11 is 0. The van der Waals surface area contributed by atoms with Crippen LogP contribution in [0.1, 0.15) is 44.1 Å². The highest BCUT2D eigenvalue weighted by molar-refractivity contribution is 5.83. The Morgan fingerprint density at radius 1 is 1.07 bits per heavy atom. The Kier molecular flexibility index (Phi) is 5.79. The van der Waals surface area contributed by atoms with Crippen molar-refractivity contribution in [2.45, 2.75) is 44.6 Å². The molecule has 4 rings (SSSR count). The number of nitrogens with zero attached hydrogens (tertiary/aromatic N) is 2. The van der Waals surface area contributed by atoms with Gasteiger partial charge in [-0.2, -0.15) is 0 Å². The first-order valence-corrected chi connectivity index (χ1v) is 10.5. The molecule has 0 unspecified atom stereocenters. The molecular formula is C22H32N4O. The van der Waals surface area contributed by atoms with Crippen molar-refractivity contribution >= 4 is 16.8 Å². The third kappa shape index (κ3) is 4.36. The normalized spacial score (nSPS) is 20.9. The molecule has 1 aromatic carbocycles. The Morgan fingerprint density at radius 2 is 1.78 bits per heavy atom. The smallest absolute Gasteiger partial charge is 0.234 e. The van der Waals surface area contributed by atoms with Crippen LogP contribution >= 0.6 is 0 Å². The predicted molar refractivity (Wildman–Crippen MR) is 110 cm³/mol. The number of amides is 1. The Hall–Kier alpha value is -1.85. The molecule has 0 radical (unpaired) electrons. The minimum atomic E-state index is 0.204. The molecule has 2 fully saturated rings. The molecule has 2 aliphatic heterocycles. The summed E-state index contributed by atoms with van der Waals surface area (Å²) in [5, 5.41) is 4.62. The van der Waals surface area contributed by atoms with Gasteiger partial charge in [-0.1, -0.05) is 25.1 Å². The largest absolute Gasteiger partial charge is 0.361 e. The number of likely N-dealkylation sites (tertiary alicyclic amines) is 2. The van der Waals surface area contributed by atoms with Gasteiger partial charge >= 0.3 is 0 Å². The van der Waals surface area contributed by atoms with Gasteiger partial charge in [0.15, 0.2) is 0 Å². The molecule has 2 saturated heterocycles. The fourth-order valence-electron chi connectivity index (χ4n) is 4.70. The summed E-state index contributed by atoms with van der Waals surface area (Å²) in [5.74, 6) is 0.800. The Labute approximate surface area is 162 Å². The lowest BCUT2D eigenvalue weighted by Gasteiger charge is -2.33. The maximum Gasteiger partial charge on any atom is 0.234 e. The highest BCUT2D eigenvalue weighted by atomic mass is 16.2. The van der Waals surface area contributed by atoms with E-state index in [4.69, 9.17) is 0 Å². The lowest BCUT2D eigenvalue weighted by atomic mass is 9.89. The number of hydrogen-bond donors (Lipinski definition) is 2. The number of carbonyl (C=O) groups excluding carboxylic acids is 1. The number of aromatic nitrogens is 1. The average molecular weight is 369 g/mol. The van der Waals surface area contributed by atoms with Crippen LogP contribution < -0.4 is 5.32 Å². The summed E-state index contributed by atoms with van der Waals surface area (Å²) < 4.78 is 0. The van der Waals surface area contributed by atoms with Crippen molar-refractivity contribution in [1.29, 1.82) is 0 Å². The lowest BCUT2D eigenvalue weighted by molar-refractivity contribution is -0.123. The Balaban J connectivity index is 1.24. The third-order valence-electron chi connectivity index (χ3n) is 6.42. The van der Waals surface area contributed by atoms with E-state index in [9.17, 15) is 4.79 Å². The van der Waals surface area contributed by atoms with E-state index in [1.54, 1.807) is 0 Å². The van der Waals surface area contributed by atoms with Gasteiger partial charge in [-0.15, -0.1) is 0 Å². The molecule has 2 N–H and O–H groups in total. The van der Waals surface area contributed by atoms with Crippen LogP contribution in [-0.4, -0.2) is 66.0 Å². The Morgan fingerprint density at radius 3 is 2.52 bits per heavy atom. The molecule has 5 nitrogen and oxygen atoms in total. The minimum absolute atomic E-state index is 0.204. The van der Waals surface area contributed by atoms with Gasteiger partial charge in [0.25, 0.3) is 0 Å². The minimum Gasteiger partial charge on any atom is -0.361 e. The molecule has 1 amide bonds. The summed E-state index contributed by atoms with van der Waals surface area (Å²) in [7, 11) is 0. The second-order valence-corrected chi connectivity index (χ2v) is 8.12. The molecule has 27 heavy (non-hydrogen) atoms. The van der Waals surface area contributed by atoms with Crippen LogP contribution in [0.25, 0.3) is 10.9 Å². The maximum atomic E-state index is 12.4. The molecule has 0 atom stereocenters. The molecular weight excluding hydrogens is 336 g/mol. The monoisotopic (exact) mass is 368 g/mol. The van der Waals surface area contributed by atoms with E-state index in [0.29, 0.717) is 18.5 Å². The molecule has 146 valence electrons. The molecule has 2 aliphatic rings. The van der Waals surface area contributed by atoms with Gasteiger partial charge in [-0.05, 0) is 62.9 Å². The molecule has 0 bridgehead atoms. The summed E-state index contributed by atoms with van der Waals surface area (Å²) in [5.41, 5.74) is 2.67. The van der Waals surface area contributed by atoms with E-state index in [0.717, 1.165) is 58.4 Å². The lowest BCUT2D eigenvalue weighted by Crippen LogP contribution is -2.48. The van der Waals surface area contributed by atoms with E-state index in [1.807, 2.05) is 0 Å². The Bertz CT molecular complexity index is 755. The highest BCUT2D eigenvalue weighted by Crippen LogP contribution is 2.32. The number of aromatic amines is 1. The van der Waals surface area contributed by atoms with Crippen molar-refractivity contribution < 1.29 is 4.79 Å². The van der Waals surface area contributed by atoms with Gasteiger partial charge in [0, 0.05) is 36.2 Å². The van der Waals surface area contributed by atoms with Crippen molar-refractivity contribution in [3.63, 3.8) is 0 Å². The van der Waals surface area contributed by atoms with E-state index in [-0.39, 0.29) is 5.91 Å². The van der Waals surface area contributed by atoms with Crippen LogP contribution in [0.3, 0.4) is 0 Å². The number of para-hydroxylation sites is 1. The van der Waals surface area contributed by atoms with Gasteiger partial charge in [0.2, 0.25) is 5.91 Å².